The van der Waals surface area contributed by atoms with Gasteiger partial charge in [-0.1, -0.05) is 38.5 Å². The molecule has 0 heterocycles. The van der Waals surface area contributed by atoms with Gasteiger partial charge in [0.1, 0.15) is 0 Å². The van der Waals surface area contributed by atoms with Crippen LogP contribution in [0.15, 0.2) is 24.3 Å². The normalized spacial score (nSPS) is 26.9. The first kappa shape index (κ1) is 18.0. The Morgan fingerprint density at radius 3 is 2.52 bits per heavy atom. The van der Waals surface area contributed by atoms with Crippen LogP contribution < -0.4 is 10.6 Å². The molecule has 2 aliphatic carbocycles. The highest BCUT2D eigenvalue weighted by Gasteiger charge is 2.42. The Balaban J connectivity index is 1.59. The number of para-hydroxylation sites is 1. The second-order valence-electron chi connectivity index (χ2n) is 7.95. The molecule has 2 aliphatic rings. The molecule has 0 aromatic heterocycles. The zero-order chi connectivity index (χ0) is 18.0. The Labute approximate surface area is 150 Å². The highest BCUT2D eigenvalue weighted by atomic mass is 16.2. The summed E-state index contributed by atoms with van der Waals surface area (Å²) in [7, 11) is 0. The molecule has 1 aromatic rings. The maximum atomic E-state index is 12.4. The van der Waals surface area contributed by atoms with Gasteiger partial charge in [-0.05, 0) is 67.9 Å². The smallest absolute Gasteiger partial charge is 0.313 e. The van der Waals surface area contributed by atoms with Crippen molar-refractivity contribution in [1.29, 1.82) is 0 Å². The quantitative estimate of drug-likeness (QED) is 0.792. The van der Waals surface area contributed by atoms with Gasteiger partial charge in [0.2, 0.25) is 0 Å². The number of fused-ring (bicyclic) bond motifs is 2. The third kappa shape index (κ3) is 3.88. The van der Waals surface area contributed by atoms with E-state index in [2.05, 4.69) is 24.5 Å². The van der Waals surface area contributed by atoms with E-state index in [9.17, 15) is 9.59 Å². The van der Waals surface area contributed by atoms with Crippen molar-refractivity contribution in [2.45, 2.75) is 64.8 Å². The summed E-state index contributed by atoms with van der Waals surface area (Å²) in [5.74, 6) is 1.36. The highest BCUT2D eigenvalue weighted by Crippen LogP contribution is 2.49. The van der Waals surface area contributed by atoms with Crippen LogP contribution in [-0.4, -0.2) is 17.9 Å². The number of hydrogen-bond donors (Lipinski definition) is 2. The SMILES string of the molecule is CCC(C)c1ccccc1NC(=O)C(=O)NC(C)C1CC2CCC1C2. The van der Waals surface area contributed by atoms with E-state index in [1.165, 1.54) is 25.7 Å². The van der Waals surface area contributed by atoms with Gasteiger partial charge in [0.25, 0.3) is 0 Å². The Morgan fingerprint density at radius 2 is 1.88 bits per heavy atom. The lowest BCUT2D eigenvalue weighted by molar-refractivity contribution is -0.136. The molecule has 2 saturated carbocycles. The molecule has 0 saturated heterocycles. The molecular weight excluding hydrogens is 312 g/mol. The molecule has 1 aromatic carbocycles. The van der Waals surface area contributed by atoms with E-state index in [4.69, 9.17) is 0 Å². The Kier molecular flexibility index (Phi) is 5.45. The minimum atomic E-state index is -0.564. The number of anilines is 1. The number of amides is 2. The van der Waals surface area contributed by atoms with Gasteiger partial charge in [-0.25, -0.2) is 0 Å². The fraction of sp³-hybridized carbons (Fsp3) is 0.619. The van der Waals surface area contributed by atoms with Crippen LogP contribution in [0.4, 0.5) is 5.69 Å². The van der Waals surface area contributed by atoms with E-state index in [0.29, 0.717) is 11.8 Å². The number of carbonyl (C=O) groups is 2. The van der Waals surface area contributed by atoms with Crippen molar-refractivity contribution in [3.8, 4) is 0 Å². The summed E-state index contributed by atoms with van der Waals surface area (Å²) in [6.07, 6.45) is 6.11. The lowest BCUT2D eigenvalue weighted by atomic mass is 9.84. The maximum absolute atomic E-state index is 12.4. The minimum absolute atomic E-state index is 0.0679. The third-order valence-corrected chi connectivity index (χ3v) is 6.35. The van der Waals surface area contributed by atoms with Gasteiger partial charge in [-0.3, -0.25) is 9.59 Å². The molecule has 5 atom stereocenters. The molecule has 5 unspecified atom stereocenters. The molecular formula is C21H30N2O2. The molecule has 2 bridgehead atoms. The molecule has 2 fully saturated rings. The van der Waals surface area contributed by atoms with Crippen LogP contribution in [-0.2, 0) is 9.59 Å². The van der Waals surface area contributed by atoms with Crippen LogP contribution in [0.1, 0.15) is 64.4 Å². The number of benzene rings is 1. The van der Waals surface area contributed by atoms with Gasteiger partial charge in [0, 0.05) is 11.7 Å². The summed E-state index contributed by atoms with van der Waals surface area (Å²) in [5, 5.41) is 5.74. The van der Waals surface area contributed by atoms with Crippen molar-refractivity contribution >= 4 is 17.5 Å². The summed E-state index contributed by atoms with van der Waals surface area (Å²) in [6, 6.07) is 7.80. The summed E-state index contributed by atoms with van der Waals surface area (Å²) in [5.41, 5.74) is 1.82. The van der Waals surface area contributed by atoms with Gasteiger partial charge in [0.15, 0.2) is 0 Å². The maximum Gasteiger partial charge on any atom is 0.313 e. The largest absolute Gasteiger partial charge is 0.345 e. The molecule has 4 nitrogen and oxygen atoms in total. The van der Waals surface area contributed by atoms with Gasteiger partial charge >= 0.3 is 11.8 Å². The van der Waals surface area contributed by atoms with Crippen molar-refractivity contribution in [2.24, 2.45) is 17.8 Å². The summed E-state index contributed by atoms with van der Waals surface area (Å²) in [4.78, 5) is 24.7. The van der Waals surface area contributed by atoms with Crippen molar-refractivity contribution in [1.82, 2.24) is 5.32 Å². The number of hydrogen-bond acceptors (Lipinski definition) is 2. The summed E-state index contributed by atoms with van der Waals surface area (Å²) >= 11 is 0. The van der Waals surface area contributed by atoms with Crippen LogP contribution in [0.5, 0.6) is 0 Å². The standard InChI is InChI=1S/C21H30N2O2/c1-4-13(2)17-7-5-6-8-19(17)23-21(25)20(24)22-14(3)18-12-15-9-10-16(18)11-15/h5-8,13-16,18H,4,9-12H2,1-3H3,(H,22,24)(H,23,25). The molecule has 0 radical (unpaired) electrons. The molecule has 4 heteroatoms. The first-order valence-corrected chi connectivity index (χ1v) is 9.70. The highest BCUT2D eigenvalue weighted by molar-refractivity contribution is 6.39. The fourth-order valence-electron chi connectivity index (χ4n) is 4.73. The monoisotopic (exact) mass is 342 g/mol. The molecule has 2 amide bonds. The predicted octanol–water partition coefficient (Wildman–Crippen LogP) is 4.08. The van der Waals surface area contributed by atoms with E-state index in [0.717, 1.165) is 29.5 Å². The van der Waals surface area contributed by atoms with Gasteiger partial charge in [-0.2, -0.15) is 0 Å². The van der Waals surface area contributed by atoms with E-state index >= 15 is 0 Å². The summed E-state index contributed by atoms with van der Waals surface area (Å²) < 4.78 is 0. The van der Waals surface area contributed by atoms with Gasteiger partial charge < -0.3 is 10.6 Å². The third-order valence-electron chi connectivity index (χ3n) is 6.35. The lowest BCUT2D eigenvalue weighted by Gasteiger charge is -2.28. The van der Waals surface area contributed by atoms with E-state index in [1.807, 2.05) is 31.2 Å². The van der Waals surface area contributed by atoms with Crippen molar-refractivity contribution in [3.63, 3.8) is 0 Å². The molecule has 0 aliphatic heterocycles. The van der Waals surface area contributed by atoms with Gasteiger partial charge in [0.05, 0.1) is 0 Å². The zero-order valence-electron chi connectivity index (χ0n) is 15.5. The van der Waals surface area contributed by atoms with Crippen molar-refractivity contribution in [2.75, 3.05) is 5.32 Å². The van der Waals surface area contributed by atoms with Crippen molar-refractivity contribution in [3.05, 3.63) is 29.8 Å². The van der Waals surface area contributed by atoms with E-state index in [1.54, 1.807) is 0 Å². The zero-order valence-corrected chi connectivity index (χ0v) is 15.5. The first-order chi connectivity index (χ1) is 12.0. The Morgan fingerprint density at radius 1 is 1.12 bits per heavy atom. The fourth-order valence-corrected chi connectivity index (χ4v) is 4.73. The number of rotatable bonds is 5. The molecule has 0 spiro atoms. The van der Waals surface area contributed by atoms with Crippen LogP contribution in [0.25, 0.3) is 0 Å². The molecule has 136 valence electrons. The van der Waals surface area contributed by atoms with Crippen LogP contribution >= 0.6 is 0 Å². The first-order valence-electron chi connectivity index (χ1n) is 9.70. The topological polar surface area (TPSA) is 58.2 Å². The van der Waals surface area contributed by atoms with Crippen LogP contribution in [0.3, 0.4) is 0 Å². The molecule has 3 rings (SSSR count). The minimum Gasteiger partial charge on any atom is -0.345 e. The number of nitrogens with one attached hydrogen (secondary N) is 2. The molecule has 25 heavy (non-hydrogen) atoms. The Hall–Kier alpha value is -1.84. The second kappa shape index (κ2) is 7.59. The van der Waals surface area contributed by atoms with E-state index < -0.39 is 11.8 Å². The van der Waals surface area contributed by atoms with Crippen LogP contribution in [0, 0.1) is 17.8 Å². The summed E-state index contributed by atoms with van der Waals surface area (Å²) in [6.45, 7) is 6.29. The average molecular weight is 342 g/mol. The second-order valence-corrected chi connectivity index (χ2v) is 7.95. The number of carbonyl (C=O) groups excluding carboxylic acids is 2. The Bertz CT molecular complexity index is 643. The lowest BCUT2D eigenvalue weighted by Crippen LogP contribution is -2.45. The van der Waals surface area contributed by atoms with E-state index in [-0.39, 0.29) is 6.04 Å². The van der Waals surface area contributed by atoms with Gasteiger partial charge in [-0.15, -0.1) is 0 Å². The van der Waals surface area contributed by atoms with Crippen molar-refractivity contribution < 1.29 is 9.59 Å². The predicted molar refractivity (Wildman–Crippen MR) is 100 cm³/mol. The average Bonchev–Trinajstić information content (AvgIpc) is 3.24. The van der Waals surface area contributed by atoms with Crippen LogP contribution in [0.2, 0.25) is 0 Å². The molecule has 2 N–H and O–H groups in total.